The van der Waals surface area contributed by atoms with Crippen LogP contribution in [-0.2, 0) is 9.59 Å². The van der Waals surface area contributed by atoms with Crippen LogP contribution in [-0.4, -0.2) is 22.8 Å². The highest BCUT2D eigenvalue weighted by Crippen LogP contribution is 2.68. The van der Waals surface area contributed by atoms with Crippen molar-refractivity contribution in [3.63, 3.8) is 0 Å². The Labute approximate surface area is 166 Å². The van der Waals surface area contributed by atoms with Crippen LogP contribution in [0.15, 0.2) is 11.6 Å². The fourth-order valence-electron chi connectivity index (χ4n) is 4.55. The van der Waals surface area contributed by atoms with Gasteiger partial charge in [0.25, 0.3) is 0 Å². The fourth-order valence-corrected chi connectivity index (χ4v) is 4.55. The molecular formula is C23H52O3. The molecule has 0 aromatic rings. The molecule has 3 aliphatic carbocycles. The Morgan fingerprint density at radius 1 is 1.04 bits per heavy atom. The molecule has 0 spiro atoms. The van der Waals surface area contributed by atoms with E-state index in [9.17, 15) is 14.7 Å². The van der Waals surface area contributed by atoms with Gasteiger partial charge in [-0.2, -0.15) is 0 Å². The van der Waals surface area contributed by atoms with Crippen LogP contribution >= 0.6 is 0 Å². The summed E-state index contributed by atoms with van der Waals surface area (Å²) >= 11 is 0. The van der Waals surface area contributed by atoms with Crippen LogP contribution in [0.5, 0.6) is 0 Å². The number of Topliss-reactive ketones (excluding diaryl/α,β-unsaturated/α-hetero) is 1. The zero-order valence-electron chi connectivity index (χ0n) is 11.2. The Kier molecular flexibility index (Phi) is 16.9. The zero-order chi connectivity index (χ0) is 13.3. The van der Waals surface area contributed by atoms with Crippen LogP contribution in [0.25, 0.3) is 0 Å². The van der Waals surface area contributed by atoms with E-state index in [4.69, 9.17) is 0 Å². The molecule has 5 unspecified atom stereocenters. The highest BCUT2D eigenvalue weighted by atomic mass is 16.3. The molecule has 0 saturated heterocycles. The molecule has 2 saturated carbocycles. The van der Waals surface area contributed by atoms with Crippen LogP contribution in [0.4, 0.5) is 0 Å². The van der Waals surface area contributed by atoms with E-state index in [1.807, 2.05) is 6.92 Å². The van der Waals surface area contributed by atoms with E-state index in [-0.39, 0.29) is 71.1 Å². The quantitative estimate of drug-likeness (QED) is 0.397. The molecule has 3 aliphatic rings. The molecule has 0 aromatic heterocycles. The first kappa shape index (κ1) is 39.9. The number of carbonyl (C=O) groups excluding carboxylic acids is 2. The number of hydrogen-bond donors (Lipinski definition) is 1. The number of fused-ring (bicyclic) bond motifs is 4. The minimum absolute atomic E-state index is 0. The van der Waals surface area contributed by atoms with Crippen LogP contribution in [0.1, 0.15) is 99.4 Å². The molecular weight excluding hydrogens is 324 g/mol. The molecule has 162 valence electrons. The van der Waals surface area contributed by atoms with E-state index >= 15 is 0 Å². The highest BCUT2D eigenvalue weighted by molar-refractivity contribution is 5.98. The van der Waals surface area contributed by atoms with Gasteiger partial charge >= 0.3 is 0 Å². The van der Waals surface area contributed by atoms with Crippen molar-refractivity contribution in [3.8, 4) is 0 Å². The van der Waals surface area contributed by atoms with Crippen molar-refractivity contribution in [2.45, 2.75) is 105 Å². The number of hydrogen-bond acceptors (Lipinski definition) is 3. The minimum atomic E-state index is -1.45. The van der Waals surface area contributed by atoms with E-state index in [0.29, 0.717) is 18.8 Å². The molecule has 3 heteroatoms. The molecule has 5 atom stereocenters. The first-order valence-electron chi connectivity index (χ1n) is 6.73. The lowest BCUT2D eigenvalue weighted by Gasteiger charge is -2.51. The standard InChI is InChI=1S/C15H20O3.8CH4/c1-9-4-5-11-10(9)6-15(18)12(17)7-13(11,2)14(15,3)8-16;;;;;;;;/h5,8-10,18H,4,6-7H2,1-3H3;8*1H4. The summed E-state index contributed by atoms with van der Waals surface area (Å²) < 4.78 is 0. The topological polar surface area (TPSA) is 54.4 Å². The maximum Gasteiger partial charge on any atom is 0.166 e. The van der Waals surface area contributed by atoms with Crippen molar-refractivity contribution >= 4 is 12.1 Å². The molecule has 2 bridgehead atoms. The summed E-state index contributed by atoms with van der Waals surface area (Å²) in [4.78, 5) is 23.9. The molecule has 3 nitrogen and oxygen atoms in total. The molecule has 0 amide bonds. The summed E-state index contributed by atoms with van der Waals surface area (Å²) in [7, 11) is 0. The largest absolute Gasteiger partial charge is 0.381 e. The van der Waals surface area contributed by atoms with Crippen molar-refractivity contribution in [2.75, 3.05) is 0 Å². The predicted molar refractivity (Wildman–Crippen MR) is 121 cm³/mol. The normalized spacial score (nSPS) is 37.5. The van der Waals surface area contributed by atoms with Gasteiger partial charge in [-0.1, -0.05) is 84.9 Å². The second-order valence-corrected chi connectivity index (χ2v) is 6.80. The van der Waals surface area contributed by atoms with E-state index < -0.39 is 16.4 Å². The summed E-state index contributed by atoms with van der Waals surface area (Å²) in [5.41, 5.74) is -1.68. The van der Waals surface area contributed by atoms with Crippen LogP contribution < -0.4 is 0 Å². The van der Waals surface area contributed by atoms with Crippen LogP contribution in [0.2, 0.25) is 0 Å². The van der Waals surface area contributed by atoms with Gasteiger partial charge in [-0.25, -0.2) is 0 Å². The molecule has 3 rings (SSSR count). The Morgan fingerprint density at radius 2 is 1.50 bits per heavy atom. The van der Waals surface area contributed by atoms with Gasteiger partial charge in [-0.15, -0.1) is 0 Å². The first-order chi connectivity index (χ1) is 8.30. The highest BCUT2D eigenvalue weighted by Gasteiger charge is 2.73. The van der Waals surface area contributed by atoms with Gasteiger partial charge in [-0.05, 0) is 31.6 Å². The van der Waals surface area contributed by atoms with Crippen molar-refractivity contribution in [2.24, 2.45) is 22.7 Å². The number of aliphatic hydroxyl groups is 1. The van der Waals surface area contributed by atoms with Gasteiger partial charge in [0.15, 0.2) is 5.78 Å². The third-order valence-electron chi connectivity index (χ3n) is 6.16. The Balaban J connectivity index is -0.000000125. The van der Waals surface area contributed by atoms with Gasteiger partial charge in [0.2, 0.25) is 0 Å². The van der Waals surface area contributed by atoms with Gasteiger partial charge in [0.1, 0.15) is 11.9 Å². The average Bonchev–Trinajstić information content (AvgIpc) is 2.71. The summed E-state index contributed by atoms with van der Waals surface area (Å²) in [5.74, 6) is 0.578. The maximum absolute atomic E-state index is 12.3. The molecule has 26 heavy (non-hydrogen) atoms. The van der Waals surface area contributed by atoms with Gasteiger partial charge in [-0.3, -0.25) is 4.79 Å². The third-order valence-corrected chi connectivity index (χ3v) is 6.16. The Bertz CT molecular complexity index is 482. The lowest BCUT2D eigenvalue weighted by molar-refractivity contribution is -0.160. The third kappa shape index (κ3) is 3.69. The second-order valence-electron chi connectivity index (χ2n) is 6.80. The summed E-state index contributed by atoms with van der Waals surface area (Å²) in [5, 5.41) is 10.8. The number of carbonyl (C=O) groups is 2. The second kappa shape index (κ2) is 11.0. The number of ketones is 1. The first-order valence-corrected chi connectivity index (χ1v) is 6.73. The molecule has 0 aliphatic heterocycles. The minimum Gasteiger partial charge on any atom is -0.381 e. The molecule has 0 heterocycles. The van der Waals surface area contributed by atoms with Crippen molar-refractivity contribution in [3.05, 3.63) is 11.6 Å². The lowest BCUT2D eigenvalue weighted by atomic mass is 9.52. The summed E-state index contributed by atoms with van der Waals surface area (Å²) in [6.07, 6.45) is 4.74. The van der Waals surface area contributed by atoms with E-state index in [1.54, 1.807) is 6.92 Å². The molecule has 1 N–H and O–H groups in total. The van der Waals surface area contributed by atoms with Crippen molar-refractivity contribution in [1.29, 1.82) is 0 Å². The van der Waals surface area contributed by atoms with Crippen LogP contribution in [0, 0.1) is 22.7 Å². The van der Waals surface area contributed by atoms with Gasteiger partial charge in [0, 0.05) is 11.8 Å². The van der Waals surface area contributed by atoms with Gasteiger partial charge < -0.3 is 9.90 Å². The monoisotopic (exact) mass is 376 g/mol. The smallest absolute Gasteiger partial charge is 0.166 e. The fraction of sp³-hybridized carbons (Fsp3) is 0.826. The SMILES string of the molecule is C.C.C.C.C.C.C.C.CC1CC=C2C1CC1(O)C(=O)CC2(C)C1(C)C=O. The van der Waals surface area contributed by atoms with Crippen LogP contribution in [0.3, 0.4) is 0 Å². The van der Waals surface area contributed by atoms with E-state index in [0.717, 1.165) is 12.7 Å². The lowest BCUT2D eigenvalue weighted by Crippen LogP contribution is -2.58. The summed E-state index contributed by atoms with van der Waals surface area (Å²) in [6.45, 7) is 5.90. The maximum atomic E-state index is 12.3. The Morgan fingerprint density at radius 3 is 1.92 bits per heavy atom. The summed E-state index contributed by atoms with van der Waals surface area (Å²) in [6, 6.07) is 0. The van der Waals surface area contributed by atoms with Crippen molar-refractivity contribution < 1.29 is 14.7 Å². The number of rotatable bonds is 1. The van der Waals surface area contributed by atoms with Crippen molar-refractivity contribution in [1.82, 2.24) is 0 Å². The molecule has 0 radical (unpaired) electrons. The number of aldehydes is 1. The average molecular weight is 377 g/mol. The van der Waals surface area contributed by atoms with E-state index in [2.05, 4.69) is 13.0 Å². The zero-order valence-corrected chi connectivity index (χ0v) is 11.2. The van der Waals surface area contributed by atoms with E-state index in [1.165, 1.54) is 5.57 Å². The molecule has 2 fully saturated rings. The predicted octanol–water partition coefficient (Wildman–Crippen LogP) is 6.98. The van der Waals surface area contributed by atoms with Gasteiger partial charge in [0.05, 0.1) is 5.41 Å². The Hall–Kier alpha value is -0.960. The molecule has 0 aromatic carbocycles. The number of allylic oxidation sites excluding steroid dienone is 2.